The van der Waals surface area contributed by atoms with E-state index in [0.717, 1.165) is 54.6 Å². The van der Waals surface area contributed by atoms with Crippen molar-refractivity contribution in [3.8, 4) is 22.8 Å². The Morgan fingerprint density at radius 3 is 2.55 bits per heavy atom. The number of piperidine rings is 1. The lowest BCUT2D eigenvalue weighted by molar-refractivity contribution is 0.0912. The molecule has 1 aliphatic heterocycles. The molecule has 0 radical (unpaired) electrons. The fourth-order valence-corrected chi connectivity index (χ4v) is 4.45. The Morgan fingerprint density at radius 2 is 1.82 bits per heavy atom. The molecule has 0 aliphatic carbocycles. The number of aromatic nitrogens is 1. The molecular weight excluding hydrogens is 414 g/mol. The smallest absolute Gasteiger partial charge is 0.252 e. The van der Waals surface area contributed by atoms with Gasteiger partial charge in [0.2, 0.25) is 0 Å². The number of likely N-dealkylation sites (tertiary alicyclic amines) is 1. The van der Waals surface area contributed by atoms with Gasteiger partial charge < -0.3 is 19.7 Å². The number of benzene rings is 2. The van der Waals surface area contributed by atoms with Gasteiger partial charge >= 0.3 is 0 Å². The van der Waals surface area contributed by atoms with Crippen molar-refractivity contribution < 1.29 is 14.3 Å². The van der Waals surface area contributed by atoms with Gasteiger partial charge in [-0.1, -0.05) is 31.5 Å². The summed E-state index contributed by atoms with van der Waals surface area (Å²) >= 11 is 0. The summed E-state index contributed by atoms with van der Waals surface area (Å²) < 4.78 is 10.8. The molecule has 4 rings (SSSR count). The molecule has 1 fully saturated rings. The van der Waals surface area contributed by atoms with E-state index in [2.05, 4.69) is 17.1 Å². The fraction of sp³-hybridized carbons (Fsp3) is 0.407. The minimum atomic E-state index is -0.0395. The Labute approximate surface area is 195 Å². The molecule has 1 saturated heterocycles. The minimum absolute atomic E-state index is 0.0395. The van der Waals surface area contributed by atoms with Crippen molar-refractivity contribution in [2.24, 2.45) is 0 Å². The Hall–Kier alpha value is -3.12. The molecule has 0 saturated carbocycles. The molecule has 6 nitrogen and oxygen atoms in total. The Kier molecular flexibility index (Phi) is 7.45. The highest BCUT2D eigenvalue weighted by molar-refractivity contribution is 6.07. The molecular formula is C27H33N3O3. The third-order valence-electron chi connectivity index (χ3n) is 6.39. The van der Waals surface area contributed by atoms with Crippen molar-refractivity contribution in [1.82, 2.24) is 15.2 Å². The van der Waals surface area contributed by atoms with Crippen LogP contribution in [0, 0.1) is 0 Å². The SMILES string of the molecule is CCCCN1CCC(NC(=O)c2cc(-c3ccc(OC)c(OC)c3)nc3ccccc23)CC1. The third-order valence-corrected chi connectivity index (χ3v) is 6.39. The minimum Gasteiger partial charge on any atom is -0.493 e. The number of amides is 1. The molecule has 33 heavy (non-hydrogen) atoms. The number of fused-ring (bicyclic) bond motifs is 1. The molecule has 2 aromatic carbocycles. The van der Waals surface area contributed by atoms with Gasteiger partial charge in [0.25, 0.3) is 5.91 Å². The van der Waals surface area contributed by atoms with Crippen LogP contribution in [0.3, 0.4) is 0 Å². The summed E-state index contributed by atoms with van der Waals surface area (Å²) in [7, 11) is 3.23. The summed E-state index contributed by atoms with van der Waals surface area (Å²) in [6, 6.07) is 15.6. The summed E-state index contributed by atoms with van der Waals surface area (Å²) in [6.07, 6.45) is 4.43. The zero-order chi connectivity index (χ0) is 23.2. The van der Waals surface area contributed by atoms with Gasteiger partial charge in [0.15, 0.2) is 11.5 Å². The van der Waals surface area contributed by atoms with Crippen molar-refractivity contribution in [3.05, 3.63) is 54.1 Å². The molecule has 1 N–H and O–H groups in total. The van der Waals surface area contributed by atoms with Crippen LogP contribution in [-0.4, -0.2) is 55.7 Å². The average molecular weight is 448 g/mol. The highest BCUT2D eigenvalue weighted by Crippen LogP contribution is 2.33. The standard InChI is InChI=1S/C27H33N3O3/c1-4-5-14-30-15-12-20(13-16-30)28-27(31)22-18-24(29-23-9-7-6-8-21(22)23)19-10-11-25(32-2)26(17-19)33-3/h6-11,17-18,20H,4-5,12-16H2,1-3H3,(H,28,31). The van der Waals surface area contributed by atoms with E-state index in [-0.39, 0.29) is 11.9 Å². The van der Waals surface area contributed by atoms with Crippen molar-refractivity contribution in [3.63, 3.8) is 0 Å². The van der Waals surface area contributed by atoms with E-state index >= 15 is 0 Å². The number of unbranched alkanes of at least 4 members (excludes halogenated alkanes) is 1. The number of ether oxygens (including phenoxy) is 2. The van der Waals surface area contributed by atoms with Gasteiger partial charge in [0.05, 0.1) is 31.0 Å². The Balaban J connectivity index is 1.59. The number of pyridine rings is 1. The zero-order valence-electron chi connectivity index (χ0n) is 19.8. The highest BCUT2D eigenvalue weighted by atomic mass is 16.5. The number of carbonyl (C=O) groups is 1. The molecule has 0 atom stereocenters. The lowest BCUT2D eigenvalue weighted by atomic mass is 10.0. The predicted molar refractivity (Wildman–Crippen MR) is 132 cm³/mol. The average Bonchev–Trinajstić information content (AvgIpc) is 2.87. The number of nitrogens with zero attached hydrogens (tertiary/aromatic N) is 2. The van der Waals surface area contributed by atoms with Gasteiger partial charge in [-0.05, 0) is 56.1 Å². The van der Waals surface area contributed by atoms with Crippen LogP contribution in [0.2, 0.25) is 0 Å². The van der Waals surface area contributed by atoms with Gasteiger partial charge in [-0.3, -0.25) is 4.79 Å². The van der Waals surface area contributed by atoms with Crippen LogP contribution in [-0.2, 0) is 0 Å². The maximum atomic E-state index is 13.4. The van der Waals surface area contributed by atoms with Crippen LogP contribution in [0.15, 0.2) is 48.5 Å². The Morgan fingerprint density at radius 1 is 1.06 bits per heavy atom. The molecule has 0 unspecified atom stereocenters. The second kappa shape index (κ2) is 10.7. The van der Waals surface area contributed by atoms with Crippen molar-refractivity contribution >= 4 is 16.8 Å². The number of hydrogen-bond acceptors (Lipinski definition) is 5. The lowest BCUT2D eigenvalue weighted by Gasteiger charge is -2.32. The maximum absolute atomic E-state index is 13.4. The van der Waals surface area contributed by atoms with Crippen LogP contribution >= 0.6 is 0 Å². The lowest BCUT2D eigenvalue weighted by Crippen LogP contribution is -2.44. The van der Waals surface area contributed by atoms with Gasteiger partial charge in [-0.2, -0.15) is 0 Å². The van der Waals surface area contributed by atoms with E-state index in [1.165, 1.54) is 12.8 Å². The van der Waals surface area contributed by atoms with E-state index < -0.39 is 0 Å². The first-order valence-electron chi connectivity index (χ1n) is 11.8. The van der Waals surface area contributed by atoms with E-state index in [1.807, 2.05) is 48.5 Å². The number of para-hydroxylation sites is 1. The normalized spacial score (nSPS) is 14.9. The van der Waals surface area contributed by atoms with E-state index in [0.29, 0.717) is 17.1 Å². The first-order chi connectivity index (χ1) is 16.1. The van der Waals surface area contributed by atoms with Crippen LogP contribution < -0.4 is 14.8 Å². The monoisotopic (exact) mass is 447 g/mol. The number of methoxy groups -OCH3 is 2. The summed E-state index contributed by atoms with van der Waals surface area (Å²) in [5, 5.41) is 4.15. The second-order valence-corrected chi connectivity index (χ2v) is 8.58. The van der Waals surface area contributed by atoms with Gasteiger partial charge in [-0.25, -0.2) is 4.98 Å². The molecule has 0 bridgehead atoms. The quantitative estimate of drug-likeness (QED) is 0.531. The summed E-state index contributed by atoms with van der Waals surface area (Å²) in [5.74, 6) is 1.25. The van der Waals surface area contributed by atoms with E-state index in [9.17, 15) is 4.79 Å². The molecule has 3 aromatic rings. The second-order valence-electron chi connectivity index (χ2n) is 8.58. The predicted octanol–water partition coefficient (Wildman–Crippen LogP) is 4.91. The fourth-order valence-electron chi connectivity index (χ4n) is 4.45. The summed E-state index contributed by atoms with van der Waals surface area (Å²) in [5.41, 5.74) is 3.05. The third kappa shape index (κ3) is 5.28. The maximum Gasteiger partial charge on any atom is 0.252 e. The molecule has 1 aromatic heterocycles. The highest BCUT2D eigenvalue weighted by Gasteiger charge is 2.22. The molecule has 2 heterocycles. The topological polar surface area (TPSA) is 63.7 Å². The summed E-state index contributed by atoms with van der Waals surface area (Å²) in [4.78, 5) is 20.7. The summed E-state index contributed by atoms with van der Waals surface area (Å²) in [6.45, 7) is 5.46. The van der Waals surface area contributed by atoms with Crippen molar-refractivity contribution in [2.45, 2.75) is 38.6 Å². The number of hydrogen-bond donors (Lipinski definition) is 1. The first-order valence-corrected chi connectivity index (χ1v) is 11.8. The van der Waals surface area contributed by atoms with Gasteiger partial charge in [0.1, 0.15) is 0 Å². The molecule has 6 heteroatoms. The zero-order valence-corrected chi connectivity index (χ0v) is 19.8. The molecule has 1 amide bonds. The molecule has 1 aliphatic rings. The van der Waals surface area contributed by atoms with Crippen LogP contribution in [0.4, 0.5) is 0 Å². The number of rotatable bonds is 8. The van der Waals surface area contributed by atoms with Crippen molar-refractivity contribution in [1.29, 1.82) is 0 Å². The van der Waals surface area contributed by atoms with E-state index in [1.54, 1.807) is 14.2 Å². The number of carbonyl (C=O) groups excluding carboxylic acids is 1. The van der Waals surface area contributed by atoms with Crippen LogP contribution in [0.5, 0.6) is 11.5 Å². The van der Waals surface area contributed by atoms with Crippen LogP contribution in [0.1, 0.15) is 43.0 Å². The largest absolute Gasteiger partial charge is 0.493 e. The van der Waals surface area contributed by atoms with Crippen LogP contribution in [0.25, 0.3) is 22.2 Å². The van der Waals surface area contributed by atoms with E-state index in [4.69, 9.17) is 14.5 Å². The van der Waals surface area contributed by atoms with Crippen molar-refractivity contribution in [2.75, 3.05) is 33.9 Å². The first kappa shape index (κ1) is 23.1. The molecule has 174 valence electrons. The van der Waals surface area contributed by atoms with Gasteiger partial charge in [0, 0.05) is 30.1 Å². The number of nitrogens with one attached hydrogen (secondary N) is 1. The Bertz CT molecular complexity index is 1110. The van der Waals surface area contributed by atoms with Gasteiger partial charge in [-0.15, -0.1) is 0 Å². The molecule has 0 spiro atoms.